The molecular formula is C7H11N3O. The molecule has 1 heterocycles. The summed E-state index contributed by atoms with van der Waals surface area (Å²) in [5.74, 6) is 0. The van der Waals surface area contributed by atoms with Crippen LogP contribution in [0, 0.1) is 0 Å². The number of aromatic amines is 1. The molecule has 1 aromatic rings. The van der Waals surface area contributed by atoms with Gasteiger partial charge in [-0.05, 0) is 19.9 Å². The maximum atomic E-state index is 4.86. The fraction of sp³-hybridized carbons (Fsp3) is 0.429. The van der Waals surface area contributed by atoms with Crippen LogP contribution < -0.4 is 0 Å². The Bertz CT molecular complexity index is 228. The molecule has 11 heavy (non-hydrogen) atoms. The third kappa shape index (κ3) is 2.07. The lowest BCUT2D eigenvalue weighted by atomic mass is 10.3. The van der Waals surface area contributed by atoms with Crippen LogP contribution in [0.2, 0.25) is 0 Å². The second-order valence-electron chi connectivity index (χ2n) is 2.06. The van der Waals surface area contributed by atoms with Gasteiger partial charge in [-0.25, -0.2) is 0 Å². The minimum atomic E-state index is 0.589. The van der Waals surface area contributed by atoms with Crippen molar-refractivity contribution in [3.8, 4) is 0 Å². The molecule has 0 spiro atoms. The molecule has 0 saturated carbocycles. The van der Waals surface area contributed by atoms with Crippen LogP contribution in [0.5, 0.6) is 0 Å². The molecule has 1 rings (SSSR count). The van der Waals surface area contributed by atoms with Gasteiger partial charge in [0.05, 0.1) is 5.69 Å². The van der Waals surface area contributed by atoms with E-state index in [2.05, 4.69) is 15.4 Å². The van der Waals surface area contributed by atoms with E-state index in [9.17, 15) is 0 Å². The van der Waals surface area contributed by atoms with Gasteiger partial charge in [-0.2, -0.15) is 5.10 Å². The van der Waals surface area contributed by atoms with E-state index in [1.54, 1.807) is 6.20 Å². The van der Waals surface area contributed by atoms with Crippen molar-refractivity contribution in [1.82, 2.24) is 10.2 Å². The van der Waals surface area contributed by atoms with Crippen LogP contribution in [0.25, 0.3) is 0 Å². The van der Waals surface area contributed by atoms with Crippen LogP contribution in [-0.4, -0.2) is 22.5 Å². The highest BCUT2D eigenvalue weighted by Gasteiger charge is 1.96. The molecule has 0 fully saturated rings. The SMILES string of the molecule is CCO/N=C(/C)c1ccn[nH]1. The number of nitrogens with zero attached hydrogens (tertiary/aromatic N) is 2. The molecule has 0 aliphatic rings. The third-order valence-electron chi connectivity index (χ3n) is 1.22. The van der Waals surface area contributed by atoms with Crippen LogP contribution in [0.4, 0.5) is 0 Å². The van der Waals surface area contributed by atoms with E-state index in [0.29, 0.717) is 6.61 Å². The molecule has 0 aliphatic carbocycles. The summed E-state index contributed by atoms with van der Waals surface area (Å²) < 4.78 is 0. The normalized spacial score (nSPS) is 11.6. The van der Waals surface area contributed by atoms with Gasteiger partial charge in [0.1, 0.15) is 12.3 Å². The zero-order valence-corrected chi connectivity index (χ0v) is 6.66. The Morgan fingerprint density at radius 2 is 2.64 bits per heavy atom. The smallest absolute Gasteiger partial charge is 0.114 e. The molecule has 60 valence electrons. The Kier molecular flexibility index (Phi) is 2.66. The number of nitrogens with one attached hydrogen (secondary N) is 1. The fourth-order valence-corrected chi connectivity index (χ4v) is 0.668. The molecule has 4 heteroatoms. The summed E-state index contributed by atoms with van der Waals surface area (Å²) in [5, 5.41) is 10.4. The first-order valence-corrected chi connectivity index (χ1v) is 3.51. The zero-order chi connectivity index (χ0) is 8.10. The molecule has 0 aromatic carbocycles. The van der Waals surface area contributed by atoms with Crippen LogP contribution in [0.3, 0.4) is 0 Å². The molecule has 0 unspecified atom stereocenters. The minimum Gasteiger partial charge on any atom is -0.396 e. The van der Waals surface area contributed by atoms with Crippen LogP contribution >= 0.6 is 0 Å². The van der Waals surface area contributed by atoms with Crippen molar-refractivity contribution < 1.29 is 4.84 Å². The summed E-state index contributed by atoms with van der Waals surface area (Å²) in [5.41, 5.74) is 1.70. The minimum absolute atomic E-state index is 0.589. The summed E-state index contributed by atoms with van der Waals surface area (Å²) in [6, 6.07) is 1.85. The summed E-state index contributed by atoms with van der Waals surface area (Å²) >= 11 is 0. The topological polar surface area (TPSA) is 50.3 Å². The molecule has 4 nitrogen and oxygen atoms in total. The van der Waals surface area contributed by atoms with Gasteiger partial charge in [0.25, 0.3) is 0 Å². The number of hydrogen-bond acceptors (Lipinski definition) is 3. The second kappa shape index (κ2) is 3.75. The van der Waals surface area contributed by atoms with E-state index in [-0.39, 0.29) is 0 Å². The number of hydrogen-bond donors (Lipinski definition) is 1. The fourth-order valence-electron chi connectivity index (χ4n) is 0.668. The Balaban J connectivity index is 2.62. The number of aromatic nitrogens is 2. The number of oxime groups is 1. The molecule has 0 aliphatic heterocycles. The quantitative estimate of drug-likeness (QED) is 0.523. The Morgan fingerprint density at radius 3 is 3.18 bits per heavy atom. The maximum Gasteiger partial charge on any atom is 0.114 e. The highest BCUT2D eigenvalue weighted by Crippen LogP contribution is 1.94. The van der Waals surface area contributed by atoms with E-state index >= 15 is 0 Å². The standard InChI is InChI=1S/C7H11N3O/c1-3-11-10-6(2)7-4-5-8-9-7/h4-5H,3H2,1-2H3,(H,8,9)/b10-6-. The first kappa shape index (κ1) is 7.78. The average molecular weight is 153 g/mol. The molecule has 0 atom stereocenters. The van der Waals surface area contributed by atoms with Gasteiger partial charge >= 0.3 is 0 Å². The first-order chi connectivity index (χ1) is 5.34. The van der Waals surface area contributed by atoms with Gasteiger partial charge in [-0.3, -0.25) is 5.10 Å². The second-order valence-corrected chi connectivity index (χ2v) is 2.06. The lowest BCUT2D eigenvalue weighted by molar-refractivity contribution is 0.159. The van der Waals surface area contributed by atoms with Crippen LogP contribution in [0.1, 0.15) is 19.5 Å². The van der Waals surface area contributed by atoms with Gasteiger partial charge in [-0.1, -0.05) is 5.16 Å². The van der Waals surface area contributed by atoms with Crippen molar-refractivity contribution in [2.45, 2.75) is 13.8 Å². The van der Waals surface area contributed by atoms with Gasteiger partial charge < -0.3 is 4.84 Å². The van der Waals surface area contributed by atoms with Crippen LogP contribution in [-0.2, 0) is 4.84 Å². The largest absolute Gasteiger partial charge is 0.396 e. The van der Waals surface area contributed by atoms with Crippen molar-refractivity contribution >= 4 is 5.71 Å². The van der Waals surface area contributed by atoms with Crippen molar-refractivity contribution in [2.75, 3.05) is 6.61 Å². The zero-order valence-electron chi connectivity index (χ0n) is 6.66. The molecule has 0 saturated heterocycles. The number of rotatable bonds is 3. The molecule has 0 bridgehead atoms. The predicted molar refractivity (Wildman–Crippen MR) is 42.4 cm³/mol. The van der Waals surface area contributed by atoms with Crippen LogP contribution in [0.15, 0.2) is 17.4 Å². The summed E-state index contributed by atoms with van der Waals surface area (Å²) in [4.78, 5) is 4.86. The summed E-state index contributed by atoms with van der Waals surface area (Å²) in [6.45, 7) is 4.35. The van der Waals surface area contributed by atoms with Gasteiger partial charge in [0.2, 0.25) is 0 Å². The molecule has 1 N–H and O–H groups in total. The maximum absolute atomic E-state index is 4.86. The predicted octanol–water partition coefficient (Wildman–Crippen LogP) is 1.17. The van der Waals surface area contributed by atoms with Crippen molar-refractivity contribution in [3.05, 3.63) is 18.0 Å². The monoisotopic (exact) mass is 153 g/mol. The van der Waals surface area contributed by atoms with Gasteiger partial charge in [0.15, 0.2) is 0 Å². The van der Waals surface area contributed by atoms with E-state index in [4.69, 9.17) is 4.84 Å². The Labute approximate surface area is 65.3 Å². The Hall–Kier alpha value is -1.32. The summed E-state index contributed by atoms with van der Waals surface area (Å²) in [6.07, 6.45) is 1.68. The van der Waals surface area contributed by atoms with Crippen molar-refractivity contribution in [1.29, 1.82) is 0 Å². The lowest BCUT2D eigenvalue weighted by Gasteiger charge is -1.95. The van der Waals surface area contributed by atoms with Crippen molar-refractivity contribution in [3.63, 3.8) is 0 Å². The molecule has 1 aromatic heterocycles. The van der Waals surface area contributed by atoms with Crippen molar-refractivity contribution in [2.24, 2.45) is 5.16 Å². The number of H-pyrrole nitrogens is 1. The lowest BCUT2D eigenvalue weighted by Crippen LogP contribution is -1.96. The van der Waals surface area contributed by atoms with E-state index in [1.165, 1.54) is 0 Å². The van der Waals surface area contributed by atoms with Gasteiger partial charge in [-0.15, -0.1) is 0 Å². The highest BCUT2D eigenvalue weighted by atomic mass is 16.6. The molecule has 0 radical (unpaired) electrons. The molecular weight excluding hydrogens is 142 g/mol. The summed E-state index contributed by atoms with van der Waals surface area (Å²) in [7, 11) is 0. The van der Waals surface area contributed by atoms with E-state index in [1.807, 2.05) is 19.9 Å². The third-order valence-corrected chi connectivity index (χ3v) is 1.22. The van der Waals surface area contributed by atoms with E-state index in [0.717, 1.165) is 11.4 Å². The molecule has 0 amide bonds. The first-order valence-electron chi connectivity index (χ1n) is 3.51. The average Bonchev–Trinajstić information content (AvgIpc) is 2.52. The van der Waals surface area contributed by atoms with Gasteiger partial charge in [0, 0.05) is 6.20 Å². The Morgan fingerprint density at radius 1 is 1.82 bits per heavy atom. The highest BCUT2D eigenvalue weighted by molar-refractivity contribution is 5.96. The van der Waals surface area contributed by atoms with E-state index < -0.39 is 0 Å².